The largest absolute Gasteiger partial charge is 0.314 e. The van der Waals surface area contributed by atoms with Crippen molar-refractivity contribution in [1.29, 1.82) is 0 Å². The van der Waals surface area contributed by atoms with Gasteiger partial charge in [0.15, 0.2) is 0 Å². The van der Waals surface area contributed by atoms with Gasteiger partial charge in [0, 0.05) is 33.5 Å². The Morgan fingerprint density at radius 3 is 1.07 bits per heavy atom. The van der Waals surface area contributed by atoms with Gasteiger partial charge in [0.25, 0.3) is 0 Å². The first kappa shape index (κ1) is 33.6. The highest BCUT2D eigenvalue weighted by Crippen LogP contribution is 2.29. The molecule has 2 nitrogen and oxygen atoms in total. The maximum Gasteiger partial charge on any atom is 0.0531 e. The summed E-state index contributed by atoms with van der Waals surface area (Å²) in [6, 6.07) is 39.3. The third-order valence-electron chi connectivity index (χ3n) is 6.37. The zero-order chi connectivity index (χ0) is 31.1. The van der Waals surface area contributed by atoms with Crippen molar-refractivity contribution in [2.24, 2.45) is 0 Å². The number of aromatic nitrogens is 2. The van der Waals surface area contributed by atoms with E-state index >= 15 is 0 Å². The molecule has 2 heteroatoms. The molecule has 0 aliphatic heterocycles. The number of aryl methyl sites for hydroxylation is 2. The van der Waals surface area contributed by atoms with Gasteiger partial charge in [-0.1, -0.05) is 101 Å². The molecule has 0 amide bonds. The van der Waals surface area contributed by atoms with E-state index in [1.54, 1.807) is 12.2 Å². The Balaban J connectivity index is 0.000000552. The van der Waals surface area contributed by atoms with Gasteiger partial charge in [-0.05, 0) is 87.4 Å². The lowest BCUT2D eigenvalue weighted by Gasteiger charge is -2.11. The molecule has 6 aromatic rings. The van der Waals surface area contributed by atoms with Gasteiger partial charge in [-0.2, -0.15) is 0 Å². The molecule has 0 bridgehead atoms. The van der Waals surface area contributed by atoms with Crippen molar-refractivity contribution in [3.05, 3.63) is 146 Å². The van der Waals surface area contributed by atoms with Crippen molar-refractivity contribution >= 4 is 21.8 Å². The number of hydrogen-bond donors (Lipinski definition) is 0. The number of para-hydroxylation sites is 2. The van der Waals surface area contributed by atoms with E-state index in [4.69, 9.17) is 0 Å². The Labute approximate surface area is 254 Å². The lowest BCUT2D eigenvalue weighted by Crippen LogP contribution is -1.96. The van der Waals surface area contributed by atoms with Crippen LogP contribution in [0.15, 0.2) is 135 Å². The second kappa shape index (κ2) is 17.3. The third-order valence-corrected chi connectivity index (χ3v) is 6.37. The van der Waals surface area contributed by atoms with Gasteiger partial charge in [-0.3, -0.25) is 0 Å². The molecule has 0 radical (unpaired) electrons. The highest BCUT2D eigenvalue weighted by atomic mass is 15.0. The number of benzene rings is 4. The van der Waals surface area contributed by atoms with Crippen LogP contribution in [0.25, 0.3) is 44.3 Å². The van der Waals surface area contributed by atoms with Crippen LogP contribution in [0.5, 0.6) is 0 Å². The maximum atomic E-state index is 3.36. The SMILES string of the molecule is C=CC.C=CC.CC.CC.Cc1cc2ccccc2n1-c1ccc(-c2ccc(-n3c(C)cc4ccccc43)cc2)cc1. The Kier molecular flexibility index (Phi) is 13.9. The number of fused-ring (bicyclic) bond motifs is 2. The molecule has 0 aliphatic carbocycles. The van der Waals surface area contributed by atoms with Crippen LogP contribution in [0.4, 0.5) is 0 Å². The molecule has 0 N–H and O–H groups in total. The summed E-state index contributed by atoms with van der Waals surface area (Å²) in [5.74, 6) is 0. The van der Waals surface area contributed by atoms with Crippen LogP contribution in [-0.4, -0.2) is 9.13 Å². The van der Waals surface area contributed by atoms with Crippen LogP contribution >= 0.6 is 0 Å². The fraction of sp³-hybridized carbons (Fsp3) is 0.200. The molecule has 4 aromatic carbocycles. The average molecular weight is 557 g/mol. The zero-order valence-electron chi connectivity index (χ0n) is 26.9. The predicted molar refractivity (Wildman–Crippen MR) is 189 cm³/mol. The Hall–Kier alpha value is -4.56. The lowest BCUT2D eigenvalue weighted by atomic mass is 10.0. The van der Waals surface area contributed by atoms with E-state index in [1.165, 1.54) is 55.7 Å². The Morgan fingerprint density at radius 1 is 0.476 bits per heavy atom. The highest BCUT2D eigenvalue weighted by Gasteiger charge is 2.09. The van der Waals surface area contributed by atoms with Crippen molar-refractivity contribution in [3.63, 3.8) is 0 Å². The first-order valence-corrected chi connectivity index (χ1v) is 15.0. The van der Waals surface area contributed by atoms with Crippen LogP contribution < -0.4 is 0 Å². The summed E-state index contributed by atoms with van der Waals surface area (Å²) in [7, 11) is 0. The molecule has 0 fully saturated rings. The molecule has 42 heavy (non-hydrogen) atoms. The molecular weight excluding hydrogens is 508 g/mol. The summed E-state index contributed by atoms with van der Waals surface area (Å²) in [5, 5.41) is 2.55. The molecule has 0 atom stereocenters. The average Bonchev–Trinajstić information content (AvgIpc) is 3.55. The standard InChI is InChI=1S/C30H24N2.2C3H6.2C2H6/c1-21-19-25-7-3-5-9-29(25)31(21)27-15-11-23(12-16-27)24-13-17-28(18-14-24)32-22(2)20-26-8-4-6-10-30(26)32;2*1-3-2;2*1-2/h3-20H,1-2H3;2*3H,1H2,2H3;2*1-2H3. The maximum absolute atomic E-state index is 3.36. The number of nitrogens with zero attached hydrogens (tertiary/aromatic N) is 2. The smallest absolute Gasteiger partial charge is 0.0531 e. The zero-order valence-corrected chi connectivity index (χ0v) is 26.9. The van der Waals surface area contributed by atoms with Gasteiger partial charge in [0.2, 0.25) is 0 Å². The van der Waals surface area contributed by atoms with Gasteiger partial charge in [-0.15, -0.1) is 13.2 Å². The van der Waals surface area contributed by atoms with Gasteiger partial charge >= 0.3 is 0 Å². The molecule has 218 valence electrons. The summed E-state index contributed by atoms with van der Waals surface area (Å²) in [6.45, 7) is 22.8. The topological polar surface area (TPSA) is 9.86 Å². The summed E-state index contributed by atoms with van der Waals surface area (Å²) < 4.78 is 4.64. The summed E-state index contributed by atoms with van der Waals surface area (Å²) in [5.41, 5.74) is 9.83. The molecular formula is C40H48N2. The summed E-state index contributed by atoms with van der Waals surface area (Å²) in [6.07, 6.45) is 3.50. The minimum atomic E-state index is 1.19. The van der Waals surface area contributed by atoms with E-state index in [2.05, 4.69) is 145 Å². The lowest BCUT2D eigenvalue weighted by molar-refractivity contribution is 1.05. The monoisotopic (exact) mass is 556 g/mol. The summed E-state index contributed by atoms with van der Waals surface area (Å²) in [4.78, 5) is 0. The number of hydrogen-bond acceptors (Lipinski definition) is 0. The third kappa shape index (κ3) is 7.79. The Morgan fingerprint density at radius 2 is 0.762 bits per heavy atom. The number of rotatable bonds is 3. The van der Waals surface area contributed by atoms with Gasteiger partial charge in [0.05, 0.1) is 11.0 Å². The Bertz CT molecular complexity index is 1530. The predicted octanol–water partition coefficient (Wildman–Crippen LogP) is 12.3. The molecule has 0 saturated carbocycles. The van der Waals surface area contributed by atoms with Crippen LogP contribution in [0.3, 0.4) is 0 Å². The first-order chi connectivity index (χ1) is 20.5. The normalized spacial score (nSPS) is 9.62. The van der Waals surface area contributed by atoms with E-state index in [0.29, 0.717) is 0 Å². The highest BCUT2D eigenvalue weighted by molar-refractivity contribution is 5.84. The van der Waals surface area contributed by atoms with E-state index in [0.717, 1.165) is 0 Å². The van der Waals surface area contributed by atoms with Gasteiger partial charge in [0.1, 0.15) is 0 Å². The second-order valence-corrected chi connectivity index (χ2v) is 9.27. The van der Waals surface area contributed by atoms with Crippen LogP contribution in [-0.2, 0) is 0 Å². The van der Waals surface area contributed by atoms with Crippen molar-refractivity contribution in [1.82, 2.24) is 9.13 Å². The minimum absolute atomic E-state index is 1.19. The molecule has 2 heterocycles. The molecule has 2 aromatic heterocycles. The van der Waals surface area contributed by atoms with E-state index < -0.39 is 0 Å². The van der Waals surface area contributed by atoms with Gasteiger partial charge < -0.3 is 9.13 Å². The summed E-state index contributed by atoms with van der Waals surface area (Å²) >= 11 is 0. The van der Waals surface area contributed by atoms with Crippen molar-refractivity contribution in [3.8, 4) is 22.5 Å². The van der Waals surface area contributed by atoms with Crippen molar-refractivity contribution < 1.29 is 0 Å². The number of allylic oxidation sites excluding steroid dienone is 2. The van der Waals surface area contributed by atoms with Crippen LogP contribution in [0, 0.1) is 13.8 Å². The second-order valence-electron chi connectivity index (χ2n) is 9.27. The van der Waals surface area contributed by atoms with E-state index in [9.17, 15) is 0 Å². The molecule has 0 spiro atoms. The molecule has 6 rings (SSSR count). The van der Waals surface area contributed by atoms with E-state index in [-0.39, 0.29) is 0 Å². The quantitative estimate of drug-likeness (QED) is 0.192. The molecule has 0 saturated heterocycles. The fourth-order valence-electron chi connectivity index (χ4n) is 4.88. The van der Waals surface area contributed by atoms with Crippen molar-refractivity contribution in [2.75, 3.05) is 0 Å². The fourth-order valence-corrected chi connectivity index (χ4v) is 4.88. The molecule has 0 aliphatic rings. The first-order valence-electron chi connectivity index (χ1n) is 15.0. The minimum Gasteiger partial charge on any atom is -0.314 e. The van der Waals surface area contributed by atoms with Crippen LogP contribution in [0.1, 0.15) is 52.9 Å². The van der Waals surface area contributed by atoms with Crippen LogP contribution in [0.2, 0.25) is 0 Å². The van der Waals surface area contributed by atoms with Gasteiger partial charge in [-0.25, -0.2) is 0 Å². The van der Waals surface area contributed by atoms with E-state index in [1.807, 2.05) is 41.5 Å². The van der Waals surface area contributed by atoms with Crippen molar-refractivity contribution in [2.45, 2.75) is 55.4 Å². The molecule has 0 unspecified atom stereocenters.